The van der Waals surface area contributed by atoms with Crippen molar-refractivity contribution in [3.05, 3.63) is 65.5 Å². The van der Waals surface area contributed by atoms with Gasteiger partial charge >= 0.3 is 0 Å². The van der Waals surface area contributed by atoms with Gasteiger partial charge in [-0.25, -0.2) is 0 Å². The molecule has 5 heteroatoms. The molecule has 0 aliphatic heterocycles. The molecular formula is C18H23N3OS. The van der Waals surface area contributed by atoms with Crippen LogP contribution in [0.2, 0.25) is 0 Å². The van der Waals surface area contributed by atoms with Gasteiger partial charge < -0.3 is 10.2 Å². The Morgan fingerprint density at radius 2 is 2.04 bits per heavy atom. The van der Waals surface area contributed by atoms with Crippen LogP contribution in [0.15, 0.2) is 48.8 Å². The Labute approximate surface area is 142 Å². The molecule has 0 atom stereocenters. The van der Waals surface area contributed by atoms with Crippen LogP contribution in [0.5, 0.6) is 0 Å². The highest BCUT2D eigenvalue weighted by Crippen LogP contribution is 2.14. The van der Waals surface area contributed by atoms with Gasteiger partial charge in [-0.2, -0.15) is 11.8 Å². The first kappa shape index (κ1) is 17.5. The molecule has 122 valence electrons. The van der Waals surface area contributed by atoms with Gasteiger partial charge in [-0.15, -0.1) is 0 Å². The molecule has 1 aromatic heterocycles. The third-order valence-electron chi connectivity index (χ3n) is 3.21. The zero-order chi connectivity index (χ0) is 16.5. The lowest BCUT2D eigenvalue weighted by Gasteiger charge is -2.11. The van der Waals surface area contributed by atoms with Crippen molar-refractivity contribution in [3.63, 3.8) is 0 Å². The van der Waals surface area contributed by atoms with E-state index >= 15 is 0 Å². The summed E-state index contributed by atoms with van der Waals surface area (Å²) in [6.45, 7) is 1.62. The average Bonchev–Trinajstić information content (AvgIpc) is 2.55. The number of aromatic nitrogens is 1. The molecule has 0 saturated heterocycles. The summed E-state index contributed by atoms with van der Waals surface area (Å²) in [5.74, 6) is 1.79. The van der Waals surface area contributed by atoms with Crippen LogP contribution in [0.3, 0.4) is 0 Å². The molecule has 4 nitrogen and oxygen atoms in total. The molecule has 0 aliphatic carbocycles. The fourth-order valence-corrected chi connectivity index (χ4v) is 3.01. The minimum absolute atomic E-state index is 0.0633. The molecule has 1 amide bonds. The largest absolute Gasteiger partial charge is 0.351 e. The summed E-state index contributed by atoms with van der Waals surface area (Å²) in [6, 6.07) is 12.2. The first-order valence-electron chi connectivity index (χ1n) is 7.63. The third kappa shape index (κ3) is 6.42. The van der Waals surface area contributed by atoms with Crippen molar-refractivity contribution in [1.29, 1.82) is 0 Å². The Hall–Kier alpha value is -1.85. The fraction of sp³-hybridized carbons (Fsp3) is 0.333. The van der Waals surface area contributed by atoms with Gasteiger partial charge in [-0.3, -0.25) is 9.78 Å². The zero-order valence-electron chi connectivity index (χ0n) is 13.7. The van der Waals surface area contributed by atoms with Crippen LogP contribution < -0.4 is 5.32 Å². The van der Waals surface area contributed by atoms with Gasteiger partial charge in [0.1, 0.15) is 0 Å². The highest BCUT2D eigenvalue weighted by Gasteiger charge is 2.04. The minimum Gasteiger partial charge on any atom is -0.351 e. The molecule has 0 saturated carbocycles. The molecule has 1 N–H and O–H groups in total. The van der Waals surface area contributed by atoms with E-state index in [-0.39, 0.29) is 5.91 Å². The van der Waals surface area contributed by atoms with Crippen molar-refractivity contribution < 1.29 is 4.79 Å². The van der Waals surface area contributed by atoms with Crippen molar-refractivity contribution in [2.45, 2.75) is 12.3 Å². The third-order valence-corrected chi connectivity index (χ3v) is 4.24. The molecule has 0 spiro atoms. The van der Waals surface area contributed by atoms with Crippen LogP contribution in [-0.4, -0.2) is 42.2 Å². The lowest BCUT2D eigenvalue weighted by atomic mass is 10.1. The van der Waals surface area contributed by atoms with Gasteiger partial charge in [0.25, 0.3) is 5.91 Å². The number of carbonyl (C=O) groups is 1. The number of hydrogen-bond donors (Lipinski definition) is 1. The lowest BCUT2D eigenvalue weighted by Crippen LogP contribution is -2.25. The van der Waals surface area contributed by atoms with Gasteiger partial charge in [0, 0.05) is 37.0 Å². The van der Waals surface area contributed by atoms with Crippen LogP contribution in [0.25, 0.3) is 0 Å². The second kappa shape index (κ2) is 9.33. The number of nitrogens with one attached hydrogen (secondary N) is 1. The molecule has 0 radical (unpaired) electrons. The summed E-state index contributed by atoms with van der Waals surface area (Å²) in [5.41, 5.74) is 3.26. The minimum atomic E-state index is -0.0633. The van der Waals surface area contributed by atoms with Gasteiger partial charge in [-0.1, -0.05) is 24.3 Å². The van der Waals surface area contributed by atoms with E-state index in [1.807, 2.05) is 11.8 Å². The van der Waals surface area contributed by atoms with E-state index in [2.05, 4.69) is 53.6 Å². The second-order valence-electron chi connectivity index (χ2n) is 5.61. The van der Waals surface area contributed by atoms with Crippen LogP contribution in [0.4, 0.5) is 0 Å². The summed E-state index contributed by atoms with van der Waals surface area (Å²) in [7, 11) is 4.15. The molecule has 2 aromatic rings. The summed E-state index contributed by atoms with van der Waals surface area (Å²) in [6.07, 6.45) is 3.25. The Bertz CT molecular complexity index is 617. The predicted molar refractivity (Wildman–Crippen MR) is 96.6 cm³/mol. The van der Waals surface area contributed by atoms with E-state index in [4.69, 9.17) is 0 Å². The van der Waals surface area contributed by atoms with E-state index in [1.54, 1.807) is 24.5 Å². The maximum atomic E-state index is 11.9. The number of hydrogen-bond acceptors (Lipinski definition) is 4. The van der Waals surface area contributed by atoms with E-state index in [0.717, 1.165) is 18.1 Å². The normalized spacial score (nSPS) is 10.7. The topological polar surface area (TPSA) is 45.2 Å². The number of amides is 1. The van der Waals surface area contributed by atoms with Crippen molar-refractivity contribution >= 4 is 17.7 Å². The molecule has 0 fully saturated rings. The van der Waals surface area contributed by atoms with Gasteiger partial charge in [0.2, 0.25) is 0 Å². The molecule has 1 aromatic carbocycles. The Morgan fingerprint density at radius 3 is 2.78 bits per heavy atom. The molecule has 0 aliphatic rings. The SMILES string of the molecule is CN(C)Cc1cccc(CSCCNC(=O)c2cccnc2)c1. The first-order chi connectivity index (χ1) is 11.1. The van der Waals surface area contributed by atoms with Crippen molar-refractivity contribution in [3.8, 4) is 0 Å². The van der Waals surface area contributed by atoms with E-state index < -0.39 is 0 Å². The lowest BCUT2D eigenvalue weighted by molar-refractivity contribution is 0.0956. The fourth-order valence-electron chi connectivity index (χ4n) is 2.21. The highest BCUT2D eigenvalue weighted by atomic mass is 32.2. The molecule has 2 rings (SSSR count). The predicted octanol–water partition coefficient (Wildman–Crippen LogP) is 2.81. The second-order valence-corrected chi connectivity index (χ2v) is 6.71. The van der Waals surface area contributed by atoms with Crippen LogP contribution in [-0.2, 0) is 12.3 Å². The molecule has 23 heavy (non-hydrogen) atoms. The molecule has 0 unspecified atom stereocenters. The number of benzene rings is 1. The van der Waals surface area contributed by atoms with Gasteiger partial charge in [0.15, 0.2) is 0 Å². The first-order valence-corrected chi connectivity index (χ1v) is 8.79. The van der Waals surface area contributed by atoms with Crippen LogP contribution >= 0.6 is 11.8 Å². The summed E-state index contributed by atoms with van der Waals surface area (Å²) in [4.78, 5) is 18.0. The van der Waals surface area contributed by atoms with E-state index in [1.165, 1.54) is 11.1 Å². The number of thioether (sulfide) groups is 1. The van der Waals surface area contributed by atoms with Gasteiger partial charge in [0.05, 0.1) is 5.56 Å². The van der Waals surface area contributed by atoms with Crippen molar-refractivity contribution in [1.82, 2.24) is 15.2 Å². The number of nitrogens with zero attached hydrogens (tertiary/aromatic N) is 2. The highest BCUT2D eigenvalue weighted by molar-refractivity contribution is 7.98. The summed E-state index contributed by atoms with van der Waals surface area (Å²) < 4.78 is 0. The molecule has 0 bridgehead atoms. The van der Waals surface area contributed by atoms with Crippen molar-refractivity contribution in [2.24, 2.45) is 0 Å². The maximum Gasteiger partial charge on any atom is 0.252 e. The quantitative estimate of drug-likeness (QED) is 0.757. The summed E-state index contributed by atoms with van der Waals surface area (Å²) >= 11 is 1.83. The molecular weight excluding hydrogens is 306 g/mol. The van der Waals surface area contributed by atoms with Crippen molar-refractivity contribution in [2.75, 3.05) is 26.4 Å². The van der Waals surface area contributed by atoms with Crippen LogP contribution in [0.1, 0.15) is 21.5 Å². The maximum absolute atomic E-state index is 11.9. The average molecular weight is 329 g/mol. The smallest absolute Gasteiger partial charge is 0.252 e. The number of carbonyl (C=O) groups excluding carboxylic acids is 1. The Morgan fingerprint density at radius 1 is 1.22 bits per heavy atom. The number of pyridine rings is 1. The van der Waals surface area contributed by atoms with E-state index in [9.17, 15) is 4.79 Å². The Kier molecular flexibility index (Phi) is 7.10. The standard InChI is InChI=1S/C18H23N3OS/c1-21(2)13-15-5-3-6-16(11-15)14-23-10-9-20-18(22)17-7-4-8-19-12-17/h3-8,11-12H,9-10,13-14H2,1-2H3,(H,20,22). The van der Waals surface area contributed by atoms with E-state index in [0.29, 0.717) is 12.1 Å². The number of rotatable bonds is 8. The summed E-state index contributed by atoms with van der Waals surface area (Å²) in [5, 5.41) is 2.92. The Balaban J connectivity index is 1.68. The van der Waals surface area contributed by atoms with Crippen LogP contribution in [0, 0.1) is 0 Å². The zero-order valence-corrected chi connectivity index (χ0v) is 14.5. The monoisotopic (exact) mass is 329 g/mol. The molecule has 1 heterocycles. The van der Waals surface area contributed by atoms with Gasteiger partial charge in [-0.05, 0) is 37.4 Å².